The number of anilines is 1. The third kappa shape index (κ3) is 6.60. The number of hydrogen-bond acceptors (Lipinski definition) is 10. The van der Waals surface area contributed by atoms with Crippen LogP contribution in [0.2, 0.25) is 0 Å². The molecule has 0 unspecified atom stereocenters. The predicted molar refractivity (Wildman–Crippen MR) is 154 cm³/mol. The Balaban J connectivity index is 1.45. The molecular formula is C26H24BrN3O8S2. The first-order valence-electron chi connectivity index (χ1n) is 12.0. The third-order valence-electron chi connectivity index (χ3n) is 6.27. The Morgan fingerprint density at radius 1 is 1.25 bits per heavy atom. The van der Waals surface area contributed by atoms with E-state index in [-0.39, 0.29) is 41.0 Å². The van der Waals surface area contributed by atoms with Crippen molar-refractivity contribution in [3.63, 3.8) is 0 Å². The van der Waals surface area contributed by atoms with Crippen LogP contribution in [0.1, 0.15) is 28.1 Å². The van der Waals surface area contributed by atoms with Gasteiger partial charge in [-0.3, -0.25) is 10.1 Å². The van der Waals surface area contributed by atoms with E-state index in [9.17, 15) is 28.1 Å². The molecular weight excluding hydrogens is 626 g/mol. The van der Waals surface area contributed by atoms with E-state index in [1.54, 1.807) is 6.07 Å². The zero-order valence-electron chi connectivity index (χ0n) is 21.2. The van der Waals surface area contributed by atoms with Crippen molar-refractivity contribution < 1.29 is 32.4 Å². The molecule has 1 N–H and O–H groups in total. The molecule has 1 aliphatic heterocycles. The highest BCUT2D eigenvalue weighted by molar-refractivity contribution is 9.10. The number of thiophene rings is 1. The van der Waals surface area contributed by atoms with Crippen LogP contribution in [0, 0.1) is 10.1 Å². The number of methoxy groups -OCH3 is 1. The van der Waals surface area contributed by atoms with Crippen molar-refractivity contribution in [2.24, 2.45) is 0 Å². The van der Waals surface area contributed by atoms with Crippen molar-refractivity contribution in [1.29, 1.82) is 0 Å². The average Bonchev–Trinajstić information content (AvgIpc) is 3.27. The second-order valence-corrected chi connectivity index (χ2v) is 12.6. The summed E-state index contributed by atoms with van der Waals surface area (Å²) in [6.45, 7) is 0.564. The number of carbonyl (C=O) groups is 1. The Labute approximate surface area is 242 Å². The van der Waals surface area contributed by atoms with Crippen molar-refractivity contribution in [3.05, 3.63) is 79.8 Å². The van der Waals surface area contributed by atoms with E-state index in [0.29, 0.717) is 22.2 Å². The fourth-order valence-electron chi connectivity index (χ4n) is 4.36. The van der Waals surface area contributed by atoms with Crippen LogP contribution in [0.4, 0.5) is 11.4 Å². The van der Waals surface area contributed by atoms with Gasteiger partial charge < -0.3 is 14.8 Å². The molecule has 40 heavy (non-hydrogen) atoms. The maximum absolute atomic E-state index is 13.0. The molecule has 14 heteroatoms. The highest BCUT2D eigenvalue weighted by Gasteiger charge is 2.30. The molecule has 4 rings (SSSR count). The second-order valence-electron chi connectivity index (χ2n) is 8.79. The smallest absolute Gasteiger partial charge is 0.351 e. The number of nitrogens with one attached hydrogen (secondary N) is 1. The minimum Gasteiger partial charge on any atom is -0.465 e. The fourth-order valence-corrected chi connectivity index (χ4v) is 7.88. The van der Waals surface area contributed by atoms with Crippen LogP contribution in [0.15, 0.2) is 59.3 Å². The number of halogens is 1. The van der Waals surface area contributed by atoms with Crippen LogP contribution >= 0.6 is 27.3 Å². The number of nitro groups is 1. The molecule has 0 bridgehead atoms. The van der Waals surface area contributed by atoms with E-state index in [4.69, 9.17) is 9.47 Å². The van der Waals surface area contributed by atoms with Crippen molar-refractivity contribution >= 4 is 60.6 Å². The summed E-state index contributed by atoms with van der Waals surface area (Å²) in [4.78, 5) is 34.5. The molecule has 0 aliphatic carbocycles. The number of hydrogen-bond donors (Lipinski definition) is 1. The Bertz CT molecular complexity index is 1580. The number of para-hydroxylation sites is 1. The third-order valence-corrected chi connectivity index (χ3v) is 10.3. The van der Waals surface area contributed by atoms with Gasteiger partial charge in [-0.25, -0.2) is 22.3 Å². The van der Waals surface area contributed by atoms with E-state index >= 15 is 0 Å². The number of benzene rings is 2. The number of nitrogens with zero attached hydrogens (tertiary/aromatic N) is 2. The summed E-state index contributed by atoms with van der Waals surface area (Å²) in [6.07, 6.45) is 1.91. The number of sulfonamides is 1. The van der Waals surface area contributed by atoms with Crippen LogP contribution in [0.25, 0.3) is 10.4 Å². The van der Waals surface area contributed by atoms with Gasteiger partial charge in [-0.2, -0.15) is 0 Å². The van der Waals surface area contributed by atoms with E-state index in [0.717, 1.165) is 28.8 Å². The van der Waals surface area contributed by atoms with E-state index in [1.165, 1.54) is 35.6 Å². The lowest BCUT2D eigenvalue weighted by molar-refractivity contribution is -0.385. The van der Waals surface area contributed by atoms with Gasteiger partial charge >= 0.3 is 5.97 Å². The zero-order chi connectivity index (χ0) is 28.9. The predicted octanol–water partition coefficient (Wildman–Crippen LogP) is 5.00. The van der Waals surface area contributed by atoms with Gasteiger partial charge in [0.05, 0.1) is 27.1 Å². The summed E-state index contributed by atoms with van der Waals surface area (Å²) < 4.78 is 38.0. The molecule has 1 saturated heterocycles. The van der Waals surface area contributed by atoms with Crippen LogP contribution in [-0.4, -0.2) is 55.8 Å². The summed E-state index contributed by atoms with van der Waals surface area (Å²) >= 11 is 4.60. The summed E-state index contributed by atoms with van der Waals surface area (Å²) in [5.41, 5.74) is 1.53. The number of carbonyl (C=O) groups excluding carboxylic acids is 2. The first-order chi connectivity index (χ1) is 19.1. The number of rotatable bonds is 10. The molecule has 2 aromatic carbocycles. The lowest BCUT2D eigenvalue weighted by atomic mass is 10.1. The monoisotopic (exact) mass is 649 g/mol. The van der Waals surface area contributed by atoms with Gasteiger partial charge in [-0.05, 0) is 46.5 Å². The molecule has 0 amide bonds. The van der Waals surface area contributed by atoms with Gasteiger partial charge in [-0.15, -0.1) is 11.3 Å². The molecule has 0 atom stereocenters. The highest BCUT2D eigenvalue weighted by Crippen LogP contribution is 2.46. The number of esters is 1. The van der Waals surface area contributed by atoms with Crippen molar-refractivity contribution in [2.45, 2.75) is 24.6 Å². The standard InChI is InChI=1S/C26H24BrN3O8S2/c1-37-26(32)25-23(38-14-13-31)22(27)24(39-25)17-6-4-7-20(15-17)28-19-9-11-29(12-10-19)40(35,36)16-18-5-2-3-8-21(18)30(33)34/h2-8,14-15,19,28H,9-12,16H2,1H3. The van der Waals surface area contributed by atoms with Crippen LogP contribution in [0.3, 0.4) is 0 Å². The first kappa shape index (κ1) is 29.4. The van der Waals surface area contributed by atoms with Gasteiger partial charge in [0.1, 0.15) is 0 Å². The molecule has 0 radical (unpaired) electrons. The fraction of sp³-hybridized carbons (Fsp3) is 0.269. The molecule has 1 aliphatic rings. The van der Waals surface area contributed by atoms with Gasteiger partial charge in [0, 0.05) is 36.4 Å². The van der Waals surface area contributed by atoms with Crippen LogP contribution in [0.5, 0.6) is 5.75 Å². The average molecular weight is 651 g/mol. The van der Waals surface area contributed by atoms with E-state index in [1.807, 2.05) is 24.3 Å². The number of ether oxygens (including phenoxy) is 2. The molecule has 0 saturated carbocycles. The van der Waals surface area contributed by atoms with Crippen LogP contribution in [-0.2, 0) is 25.3 Å². The quantitative estimate of drug-likeness (QED) is 0.105. The van der Waals surface area contributed by atoms with Crippen molar-refractivity contribution in [2.75, 3.05) is 25.5 Å². The number of nitro benzene ring substituents is 1. The maximum Gasteiger partial charge on any atom is 0.351 e. The Kier molecular flexibility index (Phi) is 9.38. The summed E-state index contributed by atoms with van der Waals surface area (Å²) in [6, 6.07) is 13.4. The van der Waals surface area contributed by atoms with Gasteiger partial charge in [0.25, 0.3) is 5.69 Å². The Morgan fingerprint density at radius 3 is 2.65 bits per heavy atom. The second kappa shape index (κ2) is 12.7. The molecule has 3 aromatic rings. The highest BCUT2D eigenvalue weighted by atomic mass is 79.9. The number of piperidine rings is 1. The molecule has 2 heterocycles. The molecule has 210 valence electrons. The van der Waals surface area contributed by atoms with Gasteiger partial charge in [0.2, 0.25) is 10.0 Å². The SMILES string of the molecule is COC(=O)c1sc(-c2cccc(NC3CCN(S(=O)(=O)Cc4ccccc4[N+](=O)[O-])CC3)c2)c(Br)c1OC=C=O. The van der Waals surface area contributed by atoms with Gasteiger partial charge in [-0.1, -0.05) is 30.3 Å². The largest absolute Gasteiger partial charge is 0.465 e. The lowest BCUT2D eigenvalue weighted by Crippen LogP contribution is -2.42. The first-order valence-corrected chi connectivity index (χ1v) is 15.2. The summed E-state index contributed by atoms with van der Waals surface area (Å²) in [7, 11) is -2.48. The lowest BCUT2D eigenvalue weighted by Gasteiger charge is -2.32. The molecule has 1 aromatic heterocycles. The van der Waals surface area contributed by atoms with E-state index < -0.39 is 26.7 Å². The van der Waals surface area contributed by atoms with Crippen LogP contribution < -0.4 is 10.1 Å². The Hall–Kier alpha value is -3.55. The maximum atomic E-state index is 13.0. The van der Waals surface area contributed by atoms with E-state index in [2.05, 4.69) is 21.2 Å². The Morgan fingerprint density at radius 2 is 1.98 bits per heavy atom. The molecule has 0 spiro atoms. The summed E-state index contributed by atoms with van der Waals surface area (Å²) in [5.74, 6) is 0.638. The van der Waals surface area contributed by atoms with Crippen molar-refractivity contribution in [3.8, 4) is 16.2 Å². The molecule has 1 fully saturated rings. The zero-order valence-corrected chi connectivity index (χ0v) is 24.4. The minimum absolute atomic E-state index is 0.00166. The topological polar surface area (TPSA) is 145 Å². The van der Waals surface area contributed by atoms with Gasteiger partial charge in [0.15, 0.2) is 22.8 Å². The molecule has 11 nitrogen and oxygen atoms in total. The summed E-state index contributed by atoms with van der Waals surface area (Å²) in [5, 5.41) is 14.7. The minimum atomic E-state index is -3.73. The van der Waals surface area contributed by atoms with Crippen molar-refractivity contribution in [1.82, 2.24) is 4.31 Å². The normalized spacial score (nSPS) is 14.2.